The van der Waals surface area contributed by atoms with Crippen molar-refractivity contribution in [1.29, 1.82) is 0 Å². The molecule has 1 nitrogen and oxygen atoms in total. The van der Waals surface area contributed by atoms with Crippen LogP contribution in [0.2, 0.25) is 0 Å². The van der Waals surface area contributed by atoms with Gasteiger partial charge in [0, 0.05) is 11.8 Å². The van der Waals surface area contributed by atoms with E-state index in [-0.39, 0.29) is 0 Å². The molecule has 6 rings (SSSR count). The van der Waals surface area contributed by atoms with Gasteiger partial charge in [-0.15, -0.1) is 0 Å². The Morgan fingerprint density at radius 1 is 0.414 bits per heavy atom. The van der Waals surface area contributed by atoms with Gasteiger partial charge < -0.3 is 4.74 Å². The fourth-order valence-electron chi connectivity index (χ4n) is 5.18. The first-order valence-corrected chi connectivity index (χ1v) is 10.4. The zero-order valence-corrected chi connectivity index (χ0v) is 16.2. The van der Waals surface area contributed by atoms with E-state index >= 15 is 0 Å². The summed E-state index contributed by atoms with van der Waals surface area (Å²) in [6, 6.07) is 35.0. The first kappa shape index (κ1) is 16.8. The largest absolute Gasteiger partial charge is 0.379 e. The zero-order chi connectivity index (χ0) is 19.2. The van der Waals surface area contributed by atoms with E-state index in [1.54, 1.807) is 0 Å². The Balaban J connectivity index is 1.28. The van der Waals surface area contributed by atoms with Gasteiger partial charge in [0.05, 0.1) is 13.2 Å². The van der Waals surface area contributed by atoms with Crippen molar-refractivity contribution in [2.24, 2.45) is 0 Å². The summed E-state index contributed by atoms with van der Waals surface area (Å²) >= 11 is 0. The van der Waals surface area contributed by atoms with Gasteiger partial charge in [-0.05, 0) is 44.5 Å². The Labute approximate surface area is 171 Å². The highest BCUT2D eigenvalue weighted by molar-refractivity contribution is 5.79. The van der Waals surface area contributed by atoms with Crippen LogP contribution in [-0.4, -0.2) is 13.2 Å². The molecule has 2 aliphatic carbocycles. The van der Waals surface area contributed by atoms with E-state index in [0.29, 0.717) is 11.8 Å². The third-order valence-electron chi connectivity index (χ3n) is 6.49. The van der Waals surface area contributed by atoms with Crippen LogP contribution in [0.4, 0.5) is 0 Å². The van der Waals surface area contributed by atoms with Gasteiger partial charge >= 0.3 is 0 Å². The first-order chi connectivity index (χ1) is 14.4. The van der Waals surface area contributed by atoms with Crippen LogP contribution in [0.15, 0.2) is 97.1 Å². The highest BCUT2D eigenvalue weighted by Gasteiger charge is 2.31. The van der Waals surface area contributed by atoms with E-state index in [2.05, 4.69) is 97.1 Å². The summed E-state index contributed by atoms with van der Waals surface area (Å²) < 4.78 is 6.43. The molecular formula is C28H22O. The van der Waals surface area contributed by atoms with Crippen molar-refractivity contribution in [3.8, 4) is 22.3 Å². The second kappa shape index (κ2) is 6.72. The normalized spacial score (nSPS) is 14.3. The topological polar surface area (TPSA) is 9.23 Å². The minimum Gasteiger partial charge on any atom is -0.379 e. The molecule has 0 unspecified atom stereocenters. The van der Waals surface area contributed by atoms with Crippen molar-refractivity contribution in [3.63, 3.8) is 0 Å². The maximum absolute atomic E-state index is 6.43. The maximum Gasteiger partial charge on any atom is 0.0576 e. The molecule has 0 radical (unpaired) electrons. The van der Waals surface area contributed by atoms with Crippen LogP contribution in [0.25, 0.3) is 22.3 Å². The molecule has 4 aromatic carbocycles. The van der Waals surface area contributed by atoms with E-state index in [4.69, 9.17) is 4.74 Å². The summed E-state index contributed by atoms with van der Waals surface area (Å²) in [6.07, 6.45) is 0. The molecule has 0 aromatic heterocycles. The number of benzene rings is 4. The summed E-state index contributed by atoms with van der Waals surface area (Å²) in [5.74, 6) is 0.628. The lowest BCUT2D eigenvalue weighted by atomic mass is 9.97. The fourth-order valence-corrected chi connectivity index (χ4v) is 5.18. The van der Waals surface area contributed by atoms with Crippen LogP contribution in [0.5, 0.6) is 0 Å². The average molecular weight is 374 g/mol. The molecule has 0 aliphatic heterocycles. The van der Waals surface area contributed by atoms with Crippen LogP contribution >= 0.6 is 0 Å². The second-order valence-electron chi connectivity index (χ2n) is 7.99. The predicted octanol–water partition coefficient (Wildman–Crippen LogP) is 6.63. The molecular weight excluding hydrogens is 352 g/mol. The van der Waals surface area contributed by atoms with Crippen LogP contribution in [-0.2, 0) is 4.74 Å². The molecule has 0 bridgehead atoms. The van der Waals surface area contributed by atoms with E-state index < -0.39 is 0 Å². The second-order valence-corrected chi connectivity index (χ2v) is 7.99. The van der Waals surface area contributed by atoms with Gasteiger partial charge in [0.1, 0.15) is 0 Å². The van der Waals surface area contributed by atoms with E-state index in [1.807, 2.05) is 0 Å². The molecule has 140 valence electrons. The highest BCUT2D eigenvalue weighted by Crippen LogP contribution is 2.46. The van der Waals surface area contributed by atoms with Crippen LogP contribution in [0, 0.1) is 0 Å². The smallest absolute Gasteiger partial charge is 0.0576 e. The van der Waals surface area contributed by atoms with Crippen molar-refractivity contribution in [2.75, 3.05) is 13.2 Å². The highest BCUT2D eigenvalue weighted by atomic mass is 16.5. The third kappa shape index (κ3) is 2.58. The Morgan fingerprint density at radius 3 is 1.00 bits per heavy atom. The lowest BCUT2D eigenvalue weighted by Gasteiger charge is -2.18. The third-order valence-corrected chi connectivity index (χ3v) is 6.49. The molecule has 0 atom stereocenters. The molecule has 0 spiro atoms. The standard InChI is InChI=1S/C28H22O/c1-5-13-23-19(9-1)20-10-2-6-14-24(20)27(23)17-29-18-28-25-15-7-3-11-21(25)22-12-4-8-16-26(22)28/h1-16,27-28H,17-18H2. The predicted molar refractivity (Wildman–Crippen MR) is 118 cm³/mol. The van der Waals surface area contributed by atoms with Crippen molar-refractivity contribution in [3.05, 3.63) is 119 Å². The van der Waals surface area contributed by atoms with E-state index in [9.17, 15) is 0 Å². The van der Waals surface area contributed by atoms with Crippen LogP contribution in [0.1, 0.15) is 34.1 Å². The van der Waals surface area contributed by atoms with Gasteiger partial charge in [0.25, 0.3) is 0 Å². The molecule has 0 heterocycles. The molecule has 1 heteroatoms. The van der Waals surface area contributed by atoms with Crippen molar-refractivity contribution < 1.29 is 4.74 Å². The Hall–Kier alpha value is -3.16. The molecule has 0 N–H and O–H groups in total. The number of ether oxygens (including phenoxy) is 1. The van der Waals surface area contributed by atoms with Gasteiger partial charge in [-0.2, -0.15) is 0 Å². The molecule has 2 aliphatic rings. The summed E-state index contributed by atoms with van der Waals surface area (Å²) in [5, 5.41) is 0. The van der Waals surface area contributed by atoms with Crippen LogP contribution in [0.3, 0.4) is 0 Å². The average Bonchev–Trinajstić information content (AvgIpc) is 3.28. The van der Waals surface area contributed by atoms with E-state index in [0.717, 1.165) is 13.2 Å². The number of rotatable bonds is 4. The lowest BCUT2D eigenvalue weighted by molar-refractivity contribution is 0.122. The van der Waals surface area contributed by atoms with Gasteiger partial charge in [-0.25, -0.2) is 0 Å². The van der Waals surface area contributed by atoms with Crippen molar-refractivity contribution in [2.45, 2.75) is 11.8 Å². The first-order valence-electron chi connectivity index (χ1n) is 10.4. The number of fused-ring (bicyclic) bond motifs is 6. The molecule has 0 saturated heterocycles. The quantitative estimate of drug-likeness (QED) is 0.390. The lowest BCUT2D eigenvalue weighted by Crippen LogP contribution is -2.12. The summed E-state index contributed by atoms with van der Waals surface area (Å²) in [4.78, 5) is 0. The monoisotopic (exact) mass is 374 g/mol. The maximum atomic E-state index is 6.43. The fraction of sp³-hybridized carbons (Fsp3) is 0.143. The Bertz CT molecular complexity index is 1020. The summed E-state index contributed by atoms with van der Waals surface area (Å²) in [7, 11) is 0. The van der Waals surface area contributed by atoms with E-state index in [1.165, 1.54) is 44.5 Å². The van der Waals surface area contributed by atoms with Gasteiger partial charge in [0.15, 0.2) is 0 Å². The zero-order valence-electron chi connectivity index (χ0n) is 16.2. The Morgan fingerprint density at radius 2 is 0.690 bits per heavy atom. The van der Waals surface area contributed by atoms with Crippen molar-refractivity contribution in [1.82, 2.24) is 0 Å². The molecule has 0 fully saturated rings. The minimum atomic E-state index is 0.314. The van der Waals surface area contributed by atoms with Crippen molar-refractivity contribution >= 4 is 0 Å². The Kier molecular flexibility index (Phi) is 3.88. The molecule has 4 aromatic rings. The molecule has 0 saturated carbocycles. The number of hydrogen-bond donors (Lipinski definition) is 0. The van der Waals surface area contributed by atoms with Gasteiger partial charge in [-0.1, -0.05) is 97.1 Å². The SMILES string of the molecule is c1ccc2c(c1)-c1ccccc1C2COCC1c2ccccc2-c2ccccc21. The number of hydrogen-bond acceptors (Lipinski definition) is 1. The van der Waals surface area contributed by atoms with Gasteiger partial charge in [0.2, 0.25) is 0 Å². The molecule has 29 heavy (non-hydrogen) atoms. The minimum absolute atomic E-state index is 0.314. The summed E-state index contributed by atoms with van der Waals surface area (Å²) in [5.41, 5.74) is 11.0. The van der Waals surface area contributed by atoms with Crippen LogP contribution < -0.4 is 0 Å². The molecule has 0 amide bonds. The van der Waals surface area contributed by atoms with Gasteiger partial charge in [-0.3, -0.25) is 0 Å². The summed E-state index contributed by atoms with van der Waals surface area (Å²) in [6.45, 7) is 1.43.